The van der Waals surface area contributed by atoms with Gasteiger partial charge in [-0.25, -0.2) is 0 Å². The second kappa shape index (κ2) is 17.2. The van der Waals surface area contributed by atoms with Gasteiger partial charge in [0.1, 0.15) is 10.9 Å². The van der Waals surface area contributed by atoms with Crippen molar-refractivity contribution in [1.82, 2.24) is 5.32 Å². The highest BCUT2D eigenvalue weighted by molar-refractivity contribution is 8.00. The van der Waals surface area contributed by atoms with Gasteiger partial charge in [-0.3, -0.25) is 14.4 Å². The Hall–Kier alpha value is -6.18. The van der Waals surface area contributed by atoms with Gasteiger partial charge in [-0.05, 0) is 89.2 Å². The standard InChI is InChI=1S/C45H39N3O3S/c1-3-33-21-13-14-31(2)41(33)48-45(51)42(36-17-9-5-10-18-36)52-39-28-26-38(27-29-39)46-44(50)40(47-43(49)37-19-11-6-12-20-37)30-32-22-24-35(25-23-32)34-15-7-4-8-16-34/h4-30,42H,3H2,1-2H3,(H,46,50)(H,47,49)(H,48,51)/b40-30-. The topological polar surface area (TPSA) is 87.3 Å². The van der Waals surface area contributed by atoms with Gasteiger partial charge in [0.15, 0.2) is 0 Å². The summed E-state index contributed by atoms with van der Waals surface area (Å²) in [6.45, 7) is 4.08. The van der Waals surface area contributed by atoms with Crippen molar-refractivity contribution >= 4 is 46.9 Å². The molecule has 6 nitrogen and oxygen atoms in total. The number of hydrogen-bond donors (Lipinski definition) is 3. The predicted molar refractivity (Wildman–Crippen MR) is 213 cm³/mol. The molecule has 0 spiro atoms. The number of carbonyl (C=O) groups excluding carboxylic acids is 3. The molecule has 3 N–H and O–H groups in total. The van der Waals surface area contributed by atoms with Crippen molar-refractivity contribution in [2.24, 2.45) is 0 Å². The van der Waals surface area contributed by atoms with Gasteiger partial charge in [-0.15, -0.1) is 11.8 Å². The number of aryl methyl sites for hydroxylation is 2. The van der Waals surface area contributed by atoms with Crippen LogP contribution in [0.3, 0.4) is 0 Å². The minimum Gasteiger partial charge on any atom is -0.324 e. The minimum atomic E-state index is -0.512. The number of amides is 3. The molecule has 0 aromatic heterocycles. The fraction of sp³-hybridized carbons (Fsp3) is 0.0889. The molecule has 3 amide bonds. The fourth-order valence-corrected chi connectivity index (χ4v) is 6.78. The lowest BCUT2D eigenvalue weighted by atomic mass is 10.0. The average molecular weight is 702 g/mol. The Morgan fingerprint density at radius 2 is 1.27 bits per heavy atom. The van der Waals surface area contributed by atoms with E-state index in [2.05, 4.69) is 22.9 Å². The van der Waals surface area contributed by atoms with E-state index in [1.165, 1.54) is 11.8 Å². The van der Waals surface area contributed by atoms with Crippen molar-refractivity contribution in [3.63, 3.8) is 0 Å². The van der Waals surface area contributed by atoms with Crippen LogP contribution in [0.5, 0.6) is 0 Å². The number of thioether (sulfide) groups is 1. The molecule has 6 aromatic carbocycles. The molecular weight excluding hydrogens is 663 g/mol. The van der Waals surface area contributed by atoms with Gasteiger partial charge in [0, 0.05) is 21.8 Å². The van der Waals surface area contributed by atoms with Gasteiger partial charge in [0.2, 0.25) is 5.91 Å². The van der Waals surface area contributed by atoms with E-state index in [0.29, 0.717) is 11.3 Å². The summed E-state index contributed by atoms with van der Waals surface area (Å²) in [4.78, 5) is 41.6. The summed E-state index contributed by atoms with van der Waals surface area (Å²) in [7, 11) is 0. The number of carbonyl (C=O) groups is 3. The third-order valence-electron chi connectivity index (χ3n) is 8.55. The number of anilines is 2. The Balaban J connectivity index is 1.20. The van der Waals surface area contributed by atoms with E-state index in [9.17, 15) is 14.4 Å². The van der Waals surface area contributed by atoms with E-state index in [1.54, 1.807) is 42.5 Å². The largest absolute Gasteiger partial charge is 0.324 e. The van der Waals surface area contributed by atoms with E-state index in [4.69, 9.17) is 0 Å². The average Bonchev–Trinajstić information content (AvgIpc) is 3.19. The molecule has 0 fully saturated rings. The van der Waals surface area contributed by atoms with E-state index in [1.807, 2.05) is 128 Å². The SMILES string of the molecule is CCc1cccc(C)c1NC(=O)C(Sc1ccc(NC(=O)/C(=C/c2ccc(-c3ccccc3)cc2)NC(=O)c2ccccc2)cc1)c1ccccc1. The predicted octanol–water partition coefficient (Wildman–Crippen LogP) is 10.1. The van der Waals surface area contributed by atoms with Gasteiger partial charge in [0.05, 0.1) is 0 Å². The maximum absolute atomic E-state index is 13.8. The van der Waals surface area contributed by atoms with E-state index < -0.39 is 17.1 Å². The Kier molecular flexibility index (Phi) is 11.8. The molecule has 0 saturated heterocycles. The number of nitrogens with one attached hydrogen (secondary N) is 3. The van der Waals surface area contributed by atoms with Gasteiger partial charge in [-0.1, -0.05) is 128 Å². The Morgan fingerprint density at radius 3 is 1.92 bits per heavy atom. The Bertz CT molecular complexity index is 2170. The fourth-order valence-electron chi connectivity index (χ4n) is 5.75. The zero-order valence-electron chi connectivity index (χ0n) is 29.0. The maximum atomic E-state index is 13.8. The van der Waals surface area contributed by atoms with Crippen LogP contribution < -0.4 is 16.0 Å². The van der Waals surface area contributed by atoms with Crippen LogP contribution in [-0.4, -0.2) is 17.7 Å². The third kappa shape index (κ3) is 9.13. The summed E-state index contributed by atoms with van der Waals surface area (Å²) in [6.07, 6.45) is 2.47. The number of hydrogen-bond acceptors (Lipinski definition) is 4. The van der Waals surface area contributed by atoms with Crippen LogP contribution in [-0.2, 0) is 16.0 Å². The second-order valence-corrected chi connectivity index (χ2v) is 13.4. The lowest BCUT2D eigenvalue weighted by Crippen LogP contribution is -2.30. The van der Waals surface area contributed by atoms with Crippen molar-refractivity contribution in [2.75, 3.05) is 10.6 Å². The van der Waals surface area contributed by atoms with Crippen molar-refractivity contribution in [3.05, 3.63) is 191 Å². The molecule has 0 heterocycles. The zero-order valence-corrected chi connectivity index (χ0v) is 29.8. The highest BCUT2D eigenvalue weighted by Gasteiger charge is 2.24. The summed E-state index contributed by atoms with van der Waals surface area (Å²) in [5.74, 6) is -0.974. The summed E-state index contributed by atoms with van der Waals surface area (Å²) in [5.41, 5.74) is 7.81. The molecule has 0 bridgehead atoms. The first-order valence-corrected chi connectivity index (χ1v) is 18.0. The van der Waals surface area contributed by atoms with Gasteiger partial charge in [0.25, 0.3) is 11.8 Å². The number of para-hydroxylation sites is 1. The van der Waals surface area contributed by atoms with Gasteiger partial charge in [-0.2, -0.15) is 0 Å². The molecule has 52 heavy (non-hydrogen) atoms. The van der Waals surface area contributed by atoms with Gasteiger partial charge >= 0.3 is 0 Å². The summed E-state index contributed by atoms with van der Waals surface area (Å²) in [6, 6.07) is 49.7. The van der Waals surface area contributed by atoms with Gasteiger partial charge < -0.3 is 16.0 Å². The van der Waals surface area contributed by atoms with Crippen LogP contribution >= 0.6 is 11.8 Å². The summed E-state index contributed by atoms with van der Waals surface area (Å²) < 4.78 is 0. The highest BCUT2D eigenvalue weighted by atomic mass is 32.2. The molecule has 6 rings (SSSR count). The first kappa shape index (κ1) is 35.6. The Labute approximate surface area is 309 Å². The van der Waals surface area contributed by atoms with Crippen LogP contribution in [0.25, 0.3) is 17.2 Å². The van der Waals surface area contributed by atoms with Crippen LogP contribution in [0, 0.1) is 6.92 Å². The molecule has 0 aliphatic heterocycles. The van der Waals surface area contributed by atoms with Crippen molar-refractivity contribution < 1.29 is 14.4 Å². The molecule has 1 atom stereocenters. The number of benzene rings is 6. The van der Waals surface area contributed by atoms with E-state index >= 15 is 0 Å². The quantitative estimate of drug-likeness (QED) is 0.0876. The van der Waals surface area contributed by atoms with E-state index in [0.717, 1.165) is 50.4 Å². The second-order valence-electron chi connectivity index (χ2n) is 12.2. The molecule has 1 unspecified atom stereocenters. The molecule has 258 valence electrons. The molecule has 6 aromatic rings. The lowest BCUT2D eigenvalue weighted by Gasteiger charge is -2.20. The molecule has 0 aliphatic carbocycles. The van der Waals surface area contributed by atoms with Crippen LogP contribution in [0.15, 0.2) is 168 Å². The monoisotopic (exact) mass is 701 g/mol. The van der Waals surface area contributed by atoms with Crippen LogP contribution in [0.4, 0.5) is 11.4 Å². The smallest absolute Gasteiger partial charge is 0.272 e. The summed E-state index contributed by atoms with van der Waals surface area (Å²) >= 11 is 1.44. The maximum Gasteiger partial charge on any atom is 0.272 e. The molecule has 0 saturated carbocycles. The third-order valence-corrected chi connectivity index (χ3v) is 9.82. The molecule has 0 aliphatic rings. The van der Waals surface area contributed by atoms with Crippen LogP contribution in [0.1, 0.15) is 44.8 Å². The summed E-state index contributed by atoms with van der Waals surface area (Å²) in [5, 5.41) is 8.43. The first-order valence-electron chi connectivity index (χ1n) is 17.1. The molecule has 0 radical (unpaired) electrons. The van der Waals surface area contributed by atoms with Crippen molar-refractivity contribution in [3.8, 4) is 11.1 Å². The van der Waals surface area contributed by atoms with Crippen LogP contribution in [0.2, 0.25) is 0 Å². The number of rotatable bonds is 12. The zero-order chi connectivity index (χ0) is 36.3. The molecular formula is C45H39N3O3S. The Morgan fingerprint density at radius 1 is 0.654 bits per heavy atom. The highest BCUT2D eigenvalue weighted by Crippen LogP contribution is 2.37. The molecule has 7 heteroatoms. The lowest BCUT2D eigenvalue weighted by molar-refractivity contribution is -0.116. The van der Waals surface area contributed by atoms with E-state index in [-0.39, 0.29) is 11.6 Å². The minimum absolute atomic E-state index is 0.100. The first-order chi connectivity index (χ1) is 25.4. The van der Waals surface area contributed by atoms with Crippen molar-refractivity contribution in [2.45, 2.75) is 30.4 Å². The van der Waals surface area contributed by atoms with Crippen molar-refractivity contribution in [1.29, 1.82) is 0 Å². The normalized spacial score (nSPS) is 11.7.